The van der Waals surface area contributed by atoms with Crippen LogP contribution in [-0.2, 0) is 0 Å². The van der Waals surface area contributed by atoms with Crippen LogP contribution in [0.3, 0.4) is 0 Å². The van der Waals surface area contributed by atoms with E-state index < -0.39 is 29.7 Å². The Morgan fingerprint density at radius 2 is 1.82 bits per heavy atom. The Morgan fingerprint density at radius 1 is 1.29 bits per heavy atom. The van der Waals surface area contributed by atoms with Gasteiger partial charge in [0, 0.05) is 10.6 Å². The maximum absolute atomic E-state index is 13.2. The molecule has 2 atom stereocenters. The highest BCUT2D eigenvalue weighted by Crippen LogP contribution is 2.33. The number of aliphatic hydroxyl groups excluding tert-OH is 1. The van der Waals surface area contributed by atoms with Crippen molar-refractivity contribution in [1.82, 2.24) is 0 Å². The van der Waals surface area contributed by atoms with E-state index in [-0.39, 0.29) is 17.4 Å². The van der Waals surface area contributed by atoms with Gasteiger partial charge in [0.05, 0.1) is 6.04 Å². The van der Waals surface area contributed by atoms with E-state index in [4.69, 9.17) is 22.4 Å². The third-order valence-electron chi connectivity index (χ3n) is 2.01. The van der Waals surface area contributed by atoms with Crippen molar-refractivity contribution in [3.05, 3.63) is 34.6 Å². The lowest BCUT2D eigenvalue weighted by Gasteiger charge is -2.22. The molecule has 3 N–H and O–H groups in total. The second-order valence-corrected chi connectivity index (χ2v) is 3.55. The lowest BCUT2D eigenvalue weighted by molar-refractivity contribution is -0.210. The Labute approximate surface area is 106 Å². The first-order chi connectivity index (χ1) is 7.25. The van der Waals surface area contributed by atoms with Crippen LogP contribution in [0.4, 0.5) is 17.6 Å². The number of halogens is 6. The summed E-state index contributed by atoms with van der Waals surface area (Å²) in [5.74, 6) is -0.983. The van der Waals surface area contributed by atoms with Crippen molar-refractivity contribution in [1.29, 1.82) is 0 Å². The van der Waals surface area contributed by atoms with E-state index >= 15 is 0 Å². The zero-order valence-electron chi connectivity index (χ0n) is 8.21. The van der Waals surface area contributed by atoms with E-state index in [1.165, 1.54) is 12.1 Å². The summed E-state index contributed by atoms with van der Waals surface area (Å²) in [4.78, 5) is 0. The van der Waals surface area contributed by atoms with E-state index in [0.717, 1.165) is 6.07 Å². The second kappa shape index (κ2) is 5.86. The van der Waals surface area contributed by atoms with E-state index in [0.29, 0.717) is 0 Å². The molecule has 0 unspecified atom stereocenters. The monoisotopic (exact) mass is 293 g/mol. The molecule has 0 heterocycles. The highest BCUT2D eigenvalue weighted by Gasteiger charge is 2.43. The van der Waals surface area contributed by atoms with Gasteiger partial charge in [-0.15, -0.1) is 12.4 Å². The smallest absolute Gasteiger partial charge is 0.382 e. The third kappa shape index (κ3) is 3.70. The molecule has 0 radical (unpaired) electrons. The molecular formula is C9H9Cl2F4NO. The van der Waals surface area contributed by atoms with E-state index in [9.17, 15) is 17.6 Å². The Hall–Kier alpha value is -0.560. The average Bonchev–Trinajstić information content (AvgIpc) is 2.14. The zero-order valence-corrected chi connectivity index (χ0v) is 9.78. The summed E-state index contributed by atoms with van der Waals surface area (Å²) in [5.41, 5.74) is 4.58. The Bertz CT molecular complexity index is 365. The molecule has 98 valence electrons. The molecule has 17 heavy (non-hydrogen) atoms. The molecular weight excluding hydrogens is 285 g/mol. The van der Waals surface area contributed by atoms with Crippen LogP contribution in [0.1, 0.15) is 11.6 Å². The van der Waals surface area contributed by atoms with Crippen molar-refractivity contribution in [2.45, 2.75) is 18.3 Å². The first-order valence-corrected chi connectivity index (χ1v) is 4.57. The van der Waals surface area contributed by atoms with Gasteiger partial charge < -0.3 is 10.8 Å². The number of hydrogen-bond acceptors (Lipinski definition) is 2. The maximum Gasteiger partial charge on any atom is 0.416 e. The van der Waals surface area contributed by atoms with Crippen LogP contribution in [0.5, 0.6) is 0 Å². The Kier molecular flexibility index (Phi) is 5.67. The summed E-state index contributed by atoms with van der Waals surface area (Å²) in [6.45, 7) is 0. The van der Waals surface area contributed by atoms with Gasteiger partial charge in [-0.3, -0.25) is 0 Å². The largest absolute Gasteiger partial charge is 0.416 e. The summed E-state index contributed by atoms with van der Waals surface area (Å²) in [6, 6.07) is 1.40. The minimum absolute atomic E-state index is 0. The van der Waals surface area contributed by atoms with Crippen LogP contribution in [0.15, 0.2) is 18.2 Å². The standard InChI is InChI=1S/C9H8ClF4NO.ClH/c10-4-2-1-3-5(11)6(4)7(15)8(16)9(12,13)14;/h1-3,7-8,16H,15H2;1H/t7-,8-;/m1./s1. The molecule has 0 aliphatic heterocycles. The molecule has 0 aliphatic carbocycles. The fourth-order valence-corrected chi connectivity index (χ4v) is 1.48. The van der Waals surface area contributed by atoms with Gasteiger partial charge in [0.2, 0.25) is 0 Å². The first-order valence-electron chi connectivity index (χ1n) is 4.19. The van der Waals surface area contributed by atoms with Crippen molar-refractivity contribution in [2.75, 3.05) is 0 Å². The molecule has 0 saturated heterocycles. The van der Waals surface area contributed by atoms with Gasteiger partial charge in [-0.1, -0.05) is 17.7 Å². The Balaban J connectivity index is 0.00000256. The van der Waals surface area contributed by atoms with Gasteiger partial charge in [0.25, 0.3) is 0 Å². The molecule has 1 aromatic rings. The normalized spacial score (nSPS) is 15.0. The second-order valence-electron chi connectivity index (χ2n) is 3.15. The molecule has 0 amide bonds. The van der Waals surface area contributed by atoms with Crippen LogP contribution < -0.4 is 5.73 Å². The van der Waals surface area contributed by atoms with Crippen molar-refractivity contribution in [2.24, 2.45) is 5.73 Å². The summed E-state index contributed by atoms with van der Waals surface area (Å²) in [7, 11) is 0. The Morgan fingerprint density at radius 3 is 2.24 bits per heavy atom. The van der Waals surface area contributed by atoms with E-state index in [2.05, 4.69) is 0 Å². The molecule has 0 saturated carbocycles. The van der Waals surface area contributed by atoms with Gasteiger partial charge in [0.1, 0.15) is 5.82 Å². The van der Waals surface area contributed by atoms with Crippen LogP contribution in [0.2, 0.25) is 5.02 Å². The highest BCUT2D eigenvalue weighted by molar-refractivity contribution is 6.31. The number of alkyl halides is 3. The third-order valence-corrected chi connectivity index (χ3v) is 2.34. The van der Waals surface area contributed by atoms with Gasteiger partial charge in [-0.25, -0.2) is 4.39 Å². The lowest BCUT2D eigenvalue weighted by Crippen LogP contribution is -2.39. The molecule has 0 aliphatic rings. The summed E-state index contributed by atoms with van der Waals surface area (Å²) < 4.78 is 49.7. The van der Waals surface area contributed by atoms with Crippen LogP contribution in [0, 0.1) is 5.82 Å². The SMILES string of the molecule is Cl.N[C@H](c1c(F)cccc1Cl)[C@@H](O)C(F)(F)F. The molecule has 0 spiro atoms. The van der Waals surface area contributed by atoms with E-state index in [1.54, 1.807) is 0 Å². The highest BCUT2D eigenvalue weighted by atomic mass is 35.5. The quantitative estimate of drug-likeness (QED) is 0.824. The molecule has 0 fully saturated rings. The number of benzene rings is 1. The van der Waals surface area contributed by atoms with Crippen molar-refractivity contribution in [3.63, 3.8) is 0 Å². The van der Waals surface area contributed by atoms with Crippen LogP contribution in [-0.4, -0.2) is 17.4 Å². The fourth-order valence-electron chi connectivity index (χ4n) is 1.19. The number of nitrogens with two attached hydrogens (primary N) is 1. The predicted molar refractivity (Wildman–Crippen MR) is 57.6 cm³/mol. The van der Waals surface area contributed by atoms with Crippen LogP contribution in [0.25, 0.3) is 0 Å². The van der Waals surface area contributed by atoms with Crippen molar-refractivity contribution in [3.8, 4) is 0 Å². The number of aliphatic hydroxyl groups is 1. The van der Waals surface area contributed by atoms with Crippen molar-refractivity contribution >= 4 is 24.0 Å². The fraction of sp³-hybridized carbons (Fsp3) is 0.333. The van der Waals surface area contributed by atoms with Gasteiger partial charge in [0.15, 0.2) is 6.10 Å². The zero-order chi connectivity index (χ0) is 12.5. The number of rotatable bonds is 2. The molecule has 1 rings (SSSR count). The minimum atomic E-state index is -4.93. The summed E-state index contributed by atoms with van der Waals surface area (Å²) >= 11 is 5.52. The topological polar surface area (TPSA) is 46.2 Å². The van der Waals surface area contributed by atoms with Gasteiger partial charge in [-0.05, 0) is 12.1 Å². The first kappa shape index (κ1) is 16.4. The maximum atomic E-state index is 13.2. The molecule has 1 aromatic carbocycles. The number of hydrogen-bond donors (Lipinski definition) is 2. The lowest BCUT2D eigenvalue weighted by atomic mass is 10.0. The summed E-state index contributed by atoms with van der Waals surface area (Å²) in [6.07, 6.45) is -7.78. The average molecular weight is 294 g/mol. The summed E-state index contributed by atoms with van der Waals surface area (Å²) in [5, 5.41) is 8.63. The minimum Gasteiger partial charge on any atom is -0.382 e. The molecule has 2 nitrogen and oxygen atoms in total. The molecule has 0 bridgehead atoms. The van der Waals surface area contributed by atoms with Crippen molar-refractivity contribution < 1.29 is 22.7 Å². The van der Waals surface area contributed by atoms with Gasteiger partial charge in [-0.2, -0.15) is 13.2 Å². The predicted octanol–water partition coefficient (Wildman–Crippen LogP) is 2.82. The van der Waals surface area contributed by atoms with E-state index in [1.807, 2.05) is 0 Å². The molecule has 0 aromatic heterocycles. The van der Waals surface area contributed by atoms with Gasteiger partial charge >= 0.3 is 6.18 Å². The van der Waals surface area contributed by atoms with Crippen LogP contribution >= 0.6 is 24.0 Å². The molecule has 8 heteroatoms.